The Kier molecular flexibility index (Phi) is 5.01. The van der Waals surface area contributed by atoms with Crippen LogP contribution in [0.5, 0.6) is 0 Å². The minimum absolute atomic E-state index is 0.0375. The molecule has 2 rings (SSSR count). The lowest BCUT2D eigenvalue weighted by atomic mass is 9.99. The van der Waals surface area contributed by atoms with Crippen LogP contribution in [-0.4, -0.2) is 24.2 Å². The highest BCUT2D eigenvalue weighted by Gasteiger charge is 2.24. The van der Waals surface area contributed by atoms with E-state index in [0.29, 0.717) is 24.7 Å². The van der Waals surface area contributed by atoms with Crippen LogP contribution in [-0.2, 0) is 9.53 Å². The van der Waals surface area contributed by atoms with Crippen molar-refractivity contribution in [1.82, 2.24) is 0 Å². The van der Waals surface area contributed by atoms with Crippen LogP contribution < -0.4 is 10.6 Å². The summed E-state index contributed by atoms with van der Waals surface area (Å²) >= 11 is 0. The van der Waals surface area contributed by atoms with E-state index in [1.165, 1.54) is 0 Å². The molecule has 0 bridgehead atoms. The Bertz CT molecular complexity index is 452. The first-order chi connectivity index (χ1) is 9.56. The molecule has 0 aliphatic carbocycles. The molecule has 0 saturated carbocycles. The Hall–Kier alpha value is -1.55. The van der Waals surface area contributed by atoms with E-state index in [9.17, 15) is 4.79 Å². The molecular weight excluding hydrogens is 252 g/mol. The fraction of sp³-hybridized carbons (Fsp3) is 0.562. The van der Waals surface area contributed by atoms with E-state index in [0.717, 1.165) is 24.2 Å². The van der Waals surface area contributed by atoms with Crippen molar-refractivity contribution in [3.05, 3.63) is 24.3 Å². The van der Waals surface area contributed by atoms with Crippen LogP contribution in [0.25, 0.3) is 0 Å². The van der Waals surface area contributed by atoms with Crippen molar-refractivity contribution in [3.63, 3.8) is 0 Å². The highest BCUT2D eigenvalue weighted by atomic mass is 16.5. The maximum atomic E-state index is 11.4. The first-order valence-corrected chi connectivity index (χ1v) is 7.38. The van der Waals surface area contributed by atoms with Gasteiger partial charge in [-0.15, -0.1) is 0 Å². The SMILES string of the molecule is CCC(=O)Nc1cccc(NC2CC(C)OC(C)C2)c1. The number of amides is 1. The number of benzene rings is 1. The van der Waals surface area contributed by atoms with Crippen molar-refractivity contribution in [2.45, 2.75) is 58.3 Å². The summed E-state index contributed by atoms with van der Waals surface area (Å²) in [5.74, 6) is 0.0375. The van der Waals surface area contributed by atoms with Crippen LogP contribution in [0.15, 0.2) is 24.3 Å². The summed E-state index contributed by atoms with van der Waals surface area (Å²) in [6.45, 7) is 6.08. The summed E-state index contributed by atoms with van der Waals surface area (Å²) in [5, 5.41) is 6.43. The summed E-state index contributed by atoms with van der Waals surface area (Å²) < 4.78 is 5.75. The standard InChI is InChI=1S/C16H24N2O2/c1-4-16(19)18-14-7-5-6-13(10-14)17-15-8-11(2)20-12(3)9-15/h5-7,10-12,15,17H,4,8-9H2,1-3H3,(H,18,19). The molecule has 1 heterocycles. The van der Waals surface area contributed by atoms with Gasteiger partial charge in [-0.1, -0.05) is 13.0 Å². The predicted molar refractivity (Wildman–Crippen MR) is 82.0 cm³/mol. The Morgan fingerprint density at radius 3 is 2.55 bits per heavy atom. The lowest BCUT2D eigenvalue weighted by Gasteiger charge is -2.33. The van der Waals surface area contributed by atoms with Gasteiger partial charge in [0, 0.05) is 23.8 Å². The van der Waals surface area contributed by atoms with Gasteiger partial charge >= 0.3 is 0 Å². The lowest BCUT2D eigenvalue weighted by Crippen LogP contribution is -2.36. The molecule has 0 radical (unpaired) electrons. The molecule has 0 spiro atoms. The first kappa shape index (κ1) is 14.9. The third kappa shape index (κ3) is 4.23. The molecule has 1 amide bonds. The van der Waals surface area contributed by atoms with Gasteiger partial charge in [0.1, 0.15) is 0 Å². The molecule has 1 aromatic carbocycles. The number of anilines is 2. The van der Waals surface area contributed by atoms with Crippen LogP contribution in [0.4, 0.5) is 11.4 Å². The van der Waals surface area contributed by atoms with Crippen LogP contribution in [0.2, 0.25) is 0 Å². The highest BCUT2D eigenvalue weighted by Crippen LogP contribution is 2.24. The van der Waals surface area contributed by atoms with Crippen molar-refractivity contribution < 1.29 is 9.53 Å². The van der Waals surface area contributed by atoms with E-state index in [1.807, 2.05) is 31.2 Å². The van der Waals surface area contributed by atoms with Crippen molar-refractivity contribution in [2.24, 2.45) is 0 Å². The Balaban J connectivity index is 1.98. The molecule has 1 aromatic rings. The van der Waals surface area contributed by atoms with E-state index in [-0.39, 0.29) is 5.91 Å². The molecule has 0 aromatic heterocycles. The van der Waals surface area contributed by atoms with Crippen LogP contribution >= 0.6 is 0 Å². The highest BCUT2D eigenvalue weighted by molar-refractivity contribution is 5.90. The summed E-state index contributed by atoms with van der Waals surface area (Å²) in [6, 6.07) is 8.31. The fourth-order valence-electron chi connectivity index (χ4n) is 2.69. The van der Waals surface area contributed by atoms with Gasteiger partial charge in [0.15, 0.2) is 0 Å². The topological polar surface area (TPSA) is 50.4 Å². The zero-order valence-electron chi connectivity index (χ0n) is 12.5. The van der Waals surface area contributed by atoms with Gasteiger partial charge in [0.2, 0.25) is 5.91 Å². The number of nitrogens with one attached hydrogen (secondary N) is 2. The van der Waals surface area contributed by atoms with E-state index in [4.69, 9.17) is 4.74 Å². The maximum absolute atomic E-state index is 11.4. The number of hydrogen-bond acceptors (Lipinski definition) is 3. The van der Waals surface area contributed by atoms with Gasteiger partial charge in [-0.05, 0) is 44.9 Å². The molecule has 1 saturated heterocycles. The molecule has 4 nitrogen and oxygen atoms in total. The van der Waals surface area contributed by atoms with E-state index >= 15 is 0 Å². The van der Waals surface area contributed by atoms with Crippen molar-refractivity contribution in [1.29, 1.82) is 0 Å². The molecular formula is C16H24N2O2. The van der Waals surface area contributed by atoms with Gasteiger partial charge in [-0.3, -0.25) is 4.79 Å². The second-order valence-electron chi connectivity index (χ2n) is 5.55. The molecule has 2 unspecified atom stereocenters. The van der Waals surface area contributed by atoms with Gasteiger partial charge in [-0.25, -0.2) is 0 Å². The van der Waals surface area contributed by atoms with Crippen molar-refractivity contribution in [3.8, 4) is 0 Å². The third-order valence-electron chi connectivity index (χ3n) is 3.54. The quantitative estimate of drug-likeness (QED) is 0.886. The zero-order chi connectivity index (χ0) is 14.5. The molecule has 2 atom stereocenters. The molecule has 2 N–H and O–H groups in total. The number of carbonyl (C=O) groups is 1. The molecule has 1 aliphatic rings. The normalized spacial score (nSPS) is 26.1. The van der Waals surface area contributed by atoms with Gasteiger partial charge < -0.3 is 15.4 Å². The van der Waals surface area contributed by atoms with Crippen LogP contribution in [0.3, 0.4) is 0 Å². The molecule has 4 heteroatoms. The smallest absolute Gasteiger partial charge is 0.224 e. The number of carbonyl (C=O) groups excluding carboxylic acids is 1. The average Bonchev–Trinajstić information content (AvgIpc) is 2.37. The zero-order valence-corrected chi connectivity index (χ0v) is 12.5. The predicted octanol–water partition coefficient (Wildman–Crippen LogP) is 3.40. The van der Waals surface area contributed by atoms with Crippen molar-refractivity contribution >= 4 is 17.3 Å². The molecule has 20 heavy (non-hydrogen) atoms. The minimum Gasteiger partial charge on any atom is -0.382 e. The lowest BCUT2D eigenvalue weighted by molar-refractivity contribution is -0.115. The summed E-state index contributed by atoms with van der Waals surface area (Å²) in [5.41, 5.74) is 1.89. The summed E-state index contributed by atoms with van der Waals surface area (Å²) in [7, 11) is 0. The fourth-order valence-corrected chi connectivity index (χ4v) is 2.69. The van der Waals surface area contributed by atoms with Gasteiger partial charge in [0.05, 0.1) is 12.2 Å². The molecule has 1 aliphatic heterocycles. The van der Waals surface area contributed by atoms with Crippen LogP contribution in [0, 0.1) is 0 Å². The average molecular weight is 276 g/mol. The van der Waals surface area contributed by atoms with E-state index in [1.54, 1.807) is 0 Å². The minimum atomic E-state index is 0.0375. The largest absolute Gasteiger partial charge is 0.382 e. The number of rotatable bonds is 4. The molecule has 1 fully saturated rings. The number of hydrogen-bond donors (Lipinski definition) is 2. The van der Waals surface area contributed by atoms with Crippen LogP contribution in [0.1, 0.15) is 40.0 Å². The Morgan fingerprint density at radius 1 is 1.25 bits per heavy atom. The molecule has 110 valence electrons. The van der Waals surface area contributed by atoms with Crippen molar-refractivity contribution in [2.75, 3.05) is 10.6 Å². The second kappa shape index (κ2) is 6.75. The Morgan fingerprint density at radius 2 is 1.90 bits per heavy atom. The monoisotopic (exact) mass is 276 g/mol. The number of ether oxygens (including phenoxy) is 1. The third-order valence-corrected chi connectivity index (χ3v) is 3.54. The van der Waals surface area contributed by atoms with E-state index < -0.39 is 0 Å². The maximum Gasteiger partial charge on any atom is 0.224 e. The van der Waals surface area contributed by atoms with Gasteiger partial charge in [0.25, 0.3) is 0 Å². The van der Waals surface area contributed by atoms with E-state index in [2.05, 4.69) is 24.5 Å². The second-order valence-corrected chi connectivity index (χ2v) is 5.55. The Labute approximate surface area is 120 Å². The summed E-state index contributed by atoms with van der Waals surface area (Å²) in [4.78, 5) is 11.4. The first-order valence-electron chi connectivity index (χ1n) is 7.38. The summed E-state index contributed by atoms with van der Waals surface area (Å²) in [6.07, 6.45) is 3.09. The van der Waals surface area contributed by atoms with Gasteiger partial charge in [-0.2, -0.15) is 0 Å².